The lowest BCUT2D eigenvalue weighted by molar-refractivity contribution is -0.121. The molecule has 4 nitrogen and oxygen atoms in total. The van der Waals surface area contributed by atoms with Gasteiger partial charge in [-0.05, 0) is 31.0 Å². The summed E-state index contributed by atoms with van der Waals surface area (Å²) in [5.74, 6) is 0.103. The van der Waals surface area contributed by atoms with E-state index in [-0.39, 0.29) is 24.3 Å². The molecule has 132 valence electrons. The summed E-state index contributed by atoms with van der Waals surface area (Å²) in [6, 6.07) is 19.0. The van der Waals surface area contributed by atoms with Crippen molar-refractivity contribution in [3.05, 3.63) is 71.8 Å². The number of nitrogens with one attached hydrogen (secondary N) is 2. The molecule has 2 atom stereocenters. The van der Waals surface area contributed by atoms with E-state index >= 15 is 0 Å². The number of carbonyl (C=O) groups excluding carboxylic acids is 2. The van der Waals surface area contributed by atoms with Crippen LogP contribution in [0.3, 0.4) is 0 Å². The second-order valence-electron chi connectivity index (χ2n) is 6.26. The van der Waals surface area contributed by atoms with E-state index in [9.17, 15) is 9.59 Å². The molecule has 0 heterocycles. The van der Waals surface area contributed by atoms with E-state index in [4.69, 9.17) is 0 Å². The smallest absolute Gasteiger partial charge is 0.251 e. The van der Waals surface area contributed by atoms with Gasteiger partial charge in [0.1, 0.15) is 0 Å². The summed E-state index contributed by atoms with van der Waals surface area (Å²) in [6.45, 7) is 4.57. The zero-order valence-corrected chi connectivity index (χ0v) is 14.9. The summed E-state index contributed by atoms with van der Waals surface area (Å²) in [4.78, 5) is 24.3. The molecular weight excluding hydrogens is 312 g/mol. The highest BCUT2D eigenvalue weighted by atomic mass is 16.2. The molecule has 0 saturated heterocycles. The Morgan fingerprint density at radius 2 is 1.56 bits per heavy atom. The van der Waals surface area contributed by atoms with Gasteiger partial charge in [-0.1, -0.05) is 55.5 Å². The van der Waals surface area contributed by atoms with Crippen LogP contribution in [0.2, 0.25) is 0 Å². The van der Waals surface area contributed by atoms with Gasteiger partial charge in [-0.25, -0.2) is 0 Å². The largest absolute Gasteiger partial charge is 0.355 e. The highest BCUT2D eigenvalue weighted by Gasteiger charge is 2.15. The summed E-state index contributed by atoms with van der Waals surface area (Å²) in [5.41, 5.74) is 1.83. The van der Waals surface area contributed by atoms with Crippen molar-refractivity contribution in [3.63, 3.8) is 0 Å². The van der Waals surface area contributed by atoms with Gasteiger partial charge in [-0.15, -0.1) is 0 Å². The summed E-state index contributed by atoms with van der Waals surface area (Å²) in [7, 11) is 0. The fourth-order valence-electron chi connectivity index (χ4n) is 2.76. The SMILES string of the molecule is CCC(CNC(=O)CC(C)NC(=O)c1ccccc1)c1ccccc1. The molecule has 0 aliphatic carbocycles. The lowest BCUT2D eigenvalue weighted by atomic mass is 9.96. The van der Waals surface area contributed by atoms with E-state index in [2.05, 4.69) is 29.7 Å². The summed E-state index contributed by atoms with van der Waals surface area (Å²) < 4.78 is 0. The van der Waals surface area contributed by atoms with Crippen molar-refractivity contribution < 1.29 is 9.59 Å². The third-order valence-electron chi connectivity index (χ3n) is 4.21. The summed E-state index contributed by atoms with van der Waals surface area (Å²) >= 11 is 0. The Bertz CT molecular complexity index is 671. The van der Waals surface area contributed by atoms with Crippen LogP contribution in [0, 0.1) is 0 Å². The number of benzene rings is 2. The standard InChI is InChI=1S/C21H26N2O2/c1-3-17(18-10-6-4-7-11-18)15-22-20(24)14-16(2)23-21(25)19-12-8-5-9-13-19/h4-13,16-17H,3,14-15H2,1-2H3,(H,22,24)(H,23,25). The van der Waals surface area contributed by atoms with Crippen molar-refractivity contribution in [2.24, 2.45) is 0 Å². The highest BCUT2D eigenvalue weighted by molar-refractivity contribution is 5.94. The molecule has 2 aromatic carbocycles. The van der Waals surface area contributed by atoms with Gasteiger partial charge in [0.2, 0.25) is 5.91 Å². The average Bonchev–Trinajstić information content (AvgIpc) is 2.63. The Morgan fingerprint density at radius 3 is 2.16 bits per heavy atom. The third kappa shape index (κ3) is 6.07. The molecule has 2 amide bonds. The first kappa shape index (κ1) is 18.7. The molecule has 0 spiro atoms. The molecule has 0 aliphatic heterocycles. The van der Waals surface area contributed by atoms with Crippen molar-refractivity contribution in [2.45, 2.75) is 38.6 Å². The molecule has 0 aromatic heterocycles. The Labute approximate surface area is 149 Å². The number of hydrogen-bond acceptors (Lipinski definition) is 2. The van der Waals surface area contributed by atoms with Crippen molar-refractivity contribution in [3.8, 4) is 0 Å². The van der Waals surface area contributed by atoms with E-state index in [0.29, 0.717) is 18.0 Å². The lowest BCUT2D eigenvalue weighted by Crippen LogP contribution is -2.38. The van der Waals surface area contributed by atoms with Gasteiger partial charge in [0.25, 0.3) is 5.91 Å². The van der Waals surface area contributed by atoms with Crippen LogP contribution in [-0.4, -0.2) is 24.4 Å². The molecule has 0 bridgehead atoms. The van der Waals surface area contributed by atoms with Crippen LogP contribution in [0.4, 0.5) is 0 Å². The minimum Gasteiger partial charge on any atom is -0.355 e. The minimum absolute atomic E-state index is 0.0461. The van der Waals surface area contributed by atoms with Gasteiger partial charge in [0.15, 0.2) is 0 Å². The zero-order valence-electron chi connectivity index (χ0n) is 14.9. The Hall–Kier alpha value is -2.62. The van der Waals surface area contributed by atoms with Crippen LogP contribution in [-0.2, 0) is 4.79 Å². The topological polar surface area (TPSA) is 58.2 Å². The predicted octanol–water partition coefficient (Wildman–Crippen LogP) is 3.51. The van der Waals surface area contributed by atoms with Gasteiger partial charge in [-0.2, -0.15) is 0 Å². The maximum atomic E-state index is 12.2. The van der Waals surface area contributed by atoms with Crippen LogP contribution < -0.4 is 10.6 Å². The molecule has 2 rings (SSSR count). The number of hydrogen-bond donors (Lipinski definition) is 2. The van der Waals surface area contributed by atoms with E-state index in [0.717, 1.165) is 6.42 Å². The van der Waals surface area contributed by atoms with Gasteiger partial charge in [0.05, 0.1) is 0 Å². The van der Waals surface area contributed by atoms with E-state index in [1.54, 1.807) is 12.1 Å². The molecule has 2 N–H and O–H groups in total. The average molecular weight is 338 g/mol. The molecule has 2 aromatic rings. The fourth-order valence-corrected chi connectivity index (χ4v) is 2.76. The number of amides is 2. The summed E-state index contributed by atoms with van der Waals surface area (Å²) in [5, 5.41) is 5.85. The van der Waals surface area contributed by atoms with E-state index in [1.807, 2.05) is 43.3 Å². The first-order chi connectivity index (χ1) is 12.1. The molecular formula is C21H26N2O2. The first-order valence-electron chi connectivity index (χ1n) is 8.77. The Balaban J connectivity index is 1.78. The van der Waals surface area contributed by atoms with Crippen LogP contribution in [0.25, 0.3) is 0 Å². The molecule has 0 fully saturated rings. The highest BCUT2D eigenvalue weighted by Crippen LogP contribution is 2.17. The Morgan fingerprint density at radius 1 is 0.960 bits per heavy atom. The lowest BCUT2D eigenvalue weighted by Gasteiger charge is -2.18. The normalized spacial score (nSPS) is 12.9. The van der Waals surface area contributed by atoms with Gasteiger partial charge >= 0.3 is 0 Å². The maximum Gasteiger partial charge on any atom is 0.251 e. The van der Waals surface area contributed by atoms with Crippen LogP contribution >= 0.6 is 0 Å². The molecule has 2 unspecified atom stereocenters. The van der Waals surface area contributed by atoms with Crippen molar-refractivity contribution in [1.82, 2.24) is 10.6 Å². The minimum atomic E-state index is -0.218. The van der Waals surface area contributed by atoms with E-state index in [1.165, 1.54) is 5.56 Å². The summed E-state index contributed by atoms with van der Waals surface area (Å²) in [6.07, 6.45) is 1.23. The van der Waals surface area contributed by atoms with Crippen LogP contribution in [0.5, 0.6) is 0 Å². The van der Waals surface area contributed by atoms with Crippen molar-refractivity contribution in [1.29, 1.82) is 0 Å². The third-order valence-corrected chi connectivity index (χ3v) is 4.21. The first-order valence-corrected chi connectivity index (χ1v) is 8.77. The van der Waals surface area contributed by atoms with Crippen molar-refractivity contribution >= 4 is 11.8 Å². The van der Waals surface area contributed by atoms with Gasteiger partial charge in [-0.3, -0.25) is 9.59 Å². The fraction of sp³-hybridized carbons (Fsp3) is 0.333. The molecule has 0 aliphatic rings. The van der Waals surface area contributed by atoms with Gasteiger partial charge < -0.3 is 10.6 Å². The van der Waals surface area contributed by atoms with Crippen molar-refractivity contribution in [2.75, 3.05) is 6.54 Å². The maximum absolute atomic E-state index is 12.2. The number of carbonyl (C=O) groups is 2. The Kier molecular flexibility index (Phi) is 7.20. The molecule has 25 heavy (non-hydrogen) atoms. The second-order valence-corrected chi connectivity index (χ2v) is 6.26. The molecule has 0 saturated carbocycles. The van der Waals surface area contributed by atoms with Crippen LogP contribution in [0.15, 0.2) is 60.7 Å². The second kappa shape index (κ2) is 9.62. The molecule has 4 heteroatoms. The monoisotopic (exact) mass is 338 g/mol. The zero-order chi connectivity index (χ0) is 18.1. The predicted molar refractivity (Wildman–Crippen MR) is 100 cm³/mol. The van der Waals surface area contributed by atoms with E-state index < -0.39 is 0 Å². The number of rotatable bonds is 8. The van der Waals surface area contributed by atoms with Gasteiger partial charge in [0, 0.05) is 30.5 Å². The quantitative estimate of drug-likeness (QED) is 0.774. The van der Waals surface area contributed by atoms with Crippen LogP contribution in [0.1, 0.15) is 48.5 Å². The molecule has 0 radical (unpaired) electrons.